The van der Waals surface area contributed by atoms with Crippen LogP contribution in [0.1, 0.15) is 11.1 Å². The molecule has 0 saturated carbocycles. The zero-order valence-corrected chi connectivity index (χ0v) is 11.7. The topological polar surface area (TPSA) is 54.0 Å². The second-order valence-electron chi connectivity index (χ2n) is 4.49. The van der Waals surface area contributed by atoms with Crippen molar-refractivity contribution in [2.24, 2.45) is 15.9 Å². The average molecular weight is 285 g/mol. The minimum Gasteiger partial charge on any atom is -0.368 e. The van der Waals surface area contributed by atoms with Crippen LogP contribution < -0.4 is 10.6 Å². The summed E-state index contributed by atoms with van der Waals surface area (Å²) in [6, 6.07) is 15.5. The van der Waals surface area contributed by atoms with Gasteiger partial charge in [0, 0.05) is 23.2 Å². The monoisotopic (exact) mass is 284 g/mol. The van der Waals surface area contributed by atoms with E-state index < -0.39 is 0 Å². The van der Waals surface area contributed by atoms with Crippen molar-refractivity contribution in [3.8, 4) is 0 Å². The fourth-order valence-corrected chi connectivity index (χ4v) is 2.32. The summed E-state index contributed by atoms with van der Waals surface area (Å²) in [4.78, 5) is 1.80. The number of rotatable bonds is 1. The summed E-state index contributed by atoms with van der Waals surface area (Å²) >= 11 is 6.12. The van der Waals surface area contributed by atoms with Crippen LogP contribution in [0.25, 0.3) is 0 Å². The van der Waals surface area contributed by atoms with Gasteiger partial charge in [-0.1, -0.05) is 41.9 Å². The van der Waals surface area contributed by atoms with Gasteiger partial charge in [-0.25, -0.2) is 0 Å². The number of nitrogens with two attached hydrogens (primary N) is 1. The highest BCUT2D eigenvalue weighted by Gasteiger charge is 2.19. The molecule has 2 aromatic carbocycles. The molecule has 0 radical (unpaired) electrons. The van der Waals surface area contributed by atoms with E-state index in [0.717, 1.165) is 22.5 Å². The van der Waals surface area contributed by atoms with Gasteiger partial charge >= 0.3 is 0 Å². The number of hydrogen-bond donors (Lipinski definition) is 1. The lowest BCUT2D eigenvalue weighted by Gasteiger charge is -2.19. The molecule has 0 aromatic heterocycles. The highest BCUT2D eigenvalue weighted by molar-refractivity contribution is 6.31. The maximum atomic E-state index is 6.12. The van der Waals surface area contributed by atoms with E-state index in [1.54, 1.807) is 4.90 Å². The Kier molecular flexibility index (Phi) is 3.16. The molecule has 0 spiro atoms. The summed E-state index contributed by atoms with van der Waals surface area (Å²) in [5.41, 5.74) is 9.48. The fourth-order valence-electron chi connectivity index (χ4n) is 2.15. The summed E-state index contributed by atoms with van der Waals surface area (Å²) in [6.45, 7) is 0. The molecule has 0 fully saturated rings. The summed E-state index contributed by atoms with van der Waals surface area (Å²) < 4.78 is 0. The van der Waals surface area contributed by atoms with Crippen LogP contribution in [0.15, 0.2) is 58.7 Å². The molecule has 3 rings (SSSR count). The third kappa shape index (κ3) is 2.14. The second-order valence-corrected chi connectivity index (χ2v) is 4.93. The van der Waals surface area contributed by atoms with E-state index in [9.17, 15) is 0 Å². The first-order valence-corrected chi connectivity index (χ1v) is 6.55. The molecule has 0 unspecified atom stereocenters. The standard InChI is InChI=1S/C15H13ClN4/c1-20-13-8-7-11(16)9-12(13)14(18-19-15(20)17)10-5-3-2-4-6-10/h2-9H,1H3,(H2,17,19). The van der Waals surface area contributed by atoms with Crippen LogP contribution in [0.3, 0.4) is 0 Å². The van der Waals surface area contributed by atoms with Gasteiger partial charge in [0.15, 0.2) is 0 Å². The molecular formula is C15H13ClN4. The summed E-state index contributed by atoms with van der Waals surface area (Å²) in [5, 5.41) is 9.01. The molecule has 0 aliphatic carbocycles. The van der Waals surface area contributed by atoms with Gasteiger partial charge < -0.3 is 10.6 Å². The van der Waals surface area contributed by atoms with Gasteiger partial charge in [-0.05, 0) is 18.2 Å². The van der Waals surface area contributed by atoms with Crippen LogP contribution in [0.5, 0.6) is 0 Å². The molecule has 0 bridgehead atoms. The Hall–Kier alpha value is -2.33. The van der Waals surface area contributed by atoms with Crippen molar-refractivity contribution >= 4 is 29.0 Å². The van der Waals surface area contributed by atoms with Crippen LogP contribution in [0.4, 0.5) is 5.69 Å². The Bertz CT molecular complexity index is 707. The van der Waals surface area contributed by atoms with Crippen LogP contribution in [-0.4, -0.2) is 18.7 Å². The zero-order chi connectivity index (χ0) is 14.1. The second kappa shape index (κ2) is 4.98. The fraction of sp³-hybridized carbons (Fsp3) is 0.0667. The lowest BCUT2D eigenvalue weighted by atomic mass is 10.0. The minimum absolute atomic E-state index is 0.347. The molecule has 100 valence electrons. The molecule has 0 saturated heterocycles. The number of nitrogens with zero attached hydrogens (tertiary/aromatic N) is 3. The first-order chi connectivity index (χ1) is 9.66. The first kappa shape index (κ1) is 12.7. The molecule has 0 amide bonds. The van der Waals surface area contributed by atoms with Gasteiger partial charge in [0.05, 0.1) is 5.69 Å². The van der Waals surface area contributed by atoms with E-state index in [-0.39, 0.29) is 0 Å². The average Bonchev–Trinajstić information content (AvgIpc) is 2.58. The van der Waals surface area contributed by atoms with E-state index in [2.05, 4.69) is 10.2 Å². The highest BCUT2D eigenvalue weighted by atomic mass is 35.5. The van der Waals surface area contributed by atoms with Gasteiger partial charge in [-0.3, -0.25) is 0 Å². The normalized spacial score (nSPS) is 14.2. The number of halogens is 1. The van der Waals surface area contributed by atoms with Crippen molar-refractivity contribution in [3.05, 3.63) is 64.7 Å². The molecule has 20 heavy (non-hydrogen) atoms. The highest BCUT2D eigenvalue weighted by Crippen LogP contribution is 2.28. The molecule has 1 heterocycles. The summed E-state index contributed by atoms with van der Waals surface area (Å²) in [7, 11) is 1.86. The zero-order valence-electron chi connectivity index (χ0n) is 10.9. The van der Waals surface area contributed by atoms with Crippen LogP contribution >= 0.6 is 11.6 Å². The van der Waals surface area contributed by atoms with Crippen molar-refractivity contribution < 1.29 is 0 Å². The molecular weight excluding hydrogens is 272 g/mol. The Morgan fingerprint density at radius 2 is 1.80 bits per heavy atom. The van der Waals surface area contributed by atoms with E-state index >= 15 is 0 Å². The van der Waals surface area contributed by atoms with Crippen LogP contribution in [0, 0.1) is 0 Å². The van der Waals surface area contributed by atoms with Crippen molar-refractivity contribution in [2.45, 2.75) is 0 Å². The lowest BCUT2D eigenvalue weighted by molar-refractivity contribution is 1.16. The predicted molar refractivity (Wildman–Crippen MR) is 83.6 cm³/mol. The first-order valence-electron chi connectivity index (χ1n) is 6.17. The predicted octanol–water partition coefficient (Wildman–Crippen LogP) is 2.86. The molecule has 1 aliphatic heterocycles. The molecule has 5 heteroatoms. The van der Waals surface area contributed by atoms with E-state index in [0.29, 0.717) is 11.0 Å². The van der Waals surface area contributed by atoms with Gasteiger partial charge in [0.25, 0.3) is 0 Å². The maximum absolute atomic E-state index is 6.12. The molecule has 2 aromatic rings. The number of benzene rings is 2. The summed E-state index contributed by atoms with van der Waals surface area (Å²) in [6.07, 6.45) is 0. The smallest absolute Gasteiger partial charge is 0.220 e. The quantitative estimate of drug-likeness (QED) is 0.875. The Balaban J connectivity index is 2.25. The van der Waals surface area contributed by atoms with E-state index in [1.165, 1.54) is 0 Å². The number of guanidine groups is 1. The van der Waals surface area contributed by atoms with Gasteiger partial charge in [0.2, 0.25) is 5.96 Å². The van der Waals surface area contributed by atoms with E-state index in [1.807, 2.05) is 55.6 Å². The Labute approximate surface area is 122 Å². The SMILES string of the molecule is CN1C(N)=NN=C(c2ccccc2)c2cc(Cl)ccc21. The van der Waals surface area contributed by atoms with Crippen molar-refractivity contribution in [1.29, 1.82) is 0 Å². The minimum atomic E-state index is 0.347. The number of fused-ring (bicyclic) bond motifs is 1. The number of anilines is 1. The van der Waals surface area contributed by atoms with Crippen LogP contribution in [-0.2, 0) is 0 Å². The van der Waals surface area contributed by atoms with E-state index in [4.69, 9.17) is 17.3 Å². The van der Waals surface area contributed by atoms with Crippen molar-refractivity contribution in [1.82, 2.24) is 0 Å². The summed E-state index contributed by atoms with van der Waals surface area (Å²) in [5.74, 6) is 0.347. The van der Waals surface area contributed by atoms with Crippen molar-refractivity contribution in [3.63, 3.8) is 0 Å². The molecule has 0 atom stereocenters. The van der Waals surface area contributed by atoms with Crippen LogP contribution in [0.2, 0.25) is 5.02 Å². The lowest BCUT2D eigenvalue weighted by Crippen LogP contribution is -2.33. The number of hydrogen-bond acceptors (Lipinski definition) is 4. The third-order valence-electron chi connectivity index (χ3n) is 3.22. The molecule has 1 aliphatic rings. The molecule has 2 N–H and O–H groups in total. The van der Waals surface area contributed by atoms with Gasteiger partial charge in [0.1, 0.15) is 5.71 Å². The Morgan fingerprint density at radius 1 is 1.05 bits per heavy atom. The molecule has 4 nitrogen and oxygen atoms in total. The third-order valence-corrected chi connectivity index (χ3v) is 3.45. The largest absolute Gasteiger partial charge is 0.368 e. The van der Waals surface area contributed by atoms with Crippen molar-refractivity contribution in [2.75, 3.05) is 11.9 Å². The Morgan fingerprint density at radius 3 is 2.55 bits per heavy atom. The maximum Gasteiger partial charge on any atom is 0.220 e. The van der Waals surface area contributed by atoms with Gasteiger partial charge in [-0.15, -0.1) is 10.2 Å². The van der Waals surface area contributed by atoms with Gasteiger partial charge in [-0.2, -0.15) is 0 Å².